The van der Waals surface area contributed by atoms with E-state index in [9.17, 15) is 9.59 Å². The summed E-state index contributed by atoms with van der Waals surface area (Å²) in [4.78, 5) is 23.8. The molecule has 0 saturated carbocycles. The molecule has 1 aromatic carbocycles. The highest BCUT2D eigenvalue weighted by molar-refractivity contribution is 5.91. The maximum absolute atomic E-state index is 12.0. The predicted molar refractivity (Wildman–Crippen MR) is 95.4 cm³/mol. The molecule has 0 spiro atoms. The Morgan fingerprint density at radius 2 is 1.88 bits per heavy atom. The molecule has 4 N–H and O–H groups in total. The van der Waals surface area contributed by atoms with Gasteiger partial charge in [0.15, 0.2) is 0 Å². The summed E-state index contributed by atoms with van der Waals surface area (Å²) >= 11 is 0. The van der Waals surface area contributed by atoms with Gasteiger partial charge >= 0.3 is 0 Å². The van der Waals surface area contributed by atoms with Gasteiger partial charge in [-0.1, -0.05) is 0 Å². The monoisotopic (exact) mass is 345 g/mol. The average Bonchev–Trinajstić information content (AvgIpc) is 3.00. The fourth-order valence-electron chi connectivity index (χ4n) is 2.12. The molecule has 1 aromatic heterocycles. The van der Waals surface area contributed by atoms with Crippen molar-refractivity contribution in [2.75, 3.05) is 17.7 Å². The lowest BCUT2D eigenvalue weighted by molar-refractivity contribution is -0.117. The number of hydrogen-bond acceptors (Lipinski definition) is 5. The normalized spacial score (nSPS) is 11.6. The maximum Gasteiger partial charge on any atom is 0.246 e. The Morgan fingerprint density at radius 1 is 1.20 bits per heavy atom. The van der Waals surface area contributed by atoms with E-state index in [2.05, 4.69) is 15.7 Å². The van der Waals surface area contributed by atoms with Gasteiger partial charge < -0.3 is 21.1 Å². The second-order valence-corrected chi connectivity index (χ2v) is 5.77. The Morgan fingerprint density at radius 3 is 2.52 bits per heavy atom. The van der Waals surface area contributed by atoms with Gasteiger partial charge in [-0.3, -0.25) is 14.3 Å². The van der Waals surface area contributed by atoms with Crippen molar-refractivity contribution < 1.29 is 14.3 Å². The molecule has 1 atom stereocenters. The van der Waals surface area contributed by atoms with Crippen LogP contribution >= 0.6 is 0 Å². The number of anilines is 2. The molecule has 0 aliphatic rings. The smallest absolute Gasteiger partial charge is 0.246 e. The number of aromatic nitrogens is 2. The number of ether oxygens (including phenoxy) is 1. The van der Waals surface area contributed by atoms with E-state index < -0.39 is 0 Å². The number of amides is 2. The molecular formula is C17H23N5O3. The zero-order valence-corrected chi connectivity index (χ0v) is 14.4. The van der Waals surface area contributed by atoms with E-state index in [4.69, 9.17) is 10.5 Å². The molecule has 8 nitrogen and oxygen atoms in total. The van der Waals surface area contributed by atoms with Crippen LogP contribution in [0.25, 0.3) is 0 Å². The molecule has 2 rings (SSSR count). The third-order valence-electron chi connectivity index (χ3n) is 3.42. The molecule has 0 bridgehead atoms. The van der Waals surface area contributed by atoms with Crippen LogP contribution in [-0.4, -0.2) is 34.7 Å². The number of hydrogen-bond donors (Lipinski definition) is 3. The highest BCUT2D eigenvalue weighted by Gasteiger charge is 2.08. The van der Waals surface area contributed by atoms with Crippen LogP contribution in [0.2, 0.25) is 0 Å². The van der Waals surface area contributed by atoms with Gasteiger partial charge in [-0.05, 0) is 37.6 Å². The van der Waals surface area contributed by atoms with Crippen molar-refractivity contribution in [3.63, 3.8) is 0 Å². The standard InChI is InChI=1S/C17H23N5O3/c1-12(18)3-8-16(23)21-14-9-19-22(10-14)11-17(24)20-13-4-6-15(25-2)7-5-13/h4-7,9-10,12H,3,8,11,18H2,1-2H3,(H,20,24)(H,21,23). The van der Waals surface area contributed by atoms with Crippen LogP contribution in [0.3, 0.4) is 0 Å². The fourth-order valence-corrected chi connectivity index (χ4v) is 2.12. The van der Waals surface area contributed by atoms with E-state index >= 15 is 0 Å². The molecule has 134 valence electrons. The first-order valence-corrected chi connectivity index (χ1v) is 7.98. The summed E-state index contributed by atoms with van der Waals surface area (Å²) in [5, 5.41) is 9.57. The van der Waals surface area contributed by atoms with Gasteiger partial charge in [0, 0.05) is 24.3 Å². The van der Waals surface area contributed by atoms with E-state index in [1.165, 1.54) is 10.9 Å². The number of nitrogens with two attached hydrogens (primary N) is 1. The minimum Gasteiger partial charge on any atom is -0.497 e. The van der Waals surface area contributed by atoms with E-state index in [0.717, 1.165) is 5.75 Å². The van der Waals surface area contributed by atoms with Crippen LogP contribution in [0.4, 0.5) is 11.4 Å². The van der Waals surface area contributed by atoms with Crippen LogP contribution in [0.15, 0.2) is 36.7 Å². The van der Waals surface area contributed by atoms with Crippen molar-refractivity contribution >= 4 is 23.2 Å². The SMILES string of the molecule is COc1ccc(NC(=O)Cn2cc(NC(=O)CCC(C)N)cn2)cc1. The first kappa shape index (κ1) is 18.5. The average molecular weight is 345 g/mol. The van der Waals surface area contributed by atoms with Gasteiger partial charge in [0.05, 0.1) is 19.0 Å². The number of nitrogens with one attached hydrogen (secondary N) is 2. The third kappa shape index (κ3) is 6.27. The van der Waals surface area contributed by atoms with Crippen molar-refractivity contribution in [2.24, 2.45) is 5.73 Å². The summed E-state index contributed by atoms with van der Waals surface area (Å²) < 4.78 is 6.52. The number of nitrogens with zero attached hydrogens (tertiary/aromatic N) is 2. The zero-order valence-electron chi connectivity index (χ0n) is 14.4. The molecule has 2 aromatic rings. The van der Waals surface area contributed by atoms with Gasteiger partial charge in [0.2, 0.25) is 11.8 Å². The number of benzene rings is 1. The molecule has 0 aliphatic heterocycles. The summed E-state index contributed by atoms with van der Waals surface area (Å²) in [5.74, 6) is 0.372. The zero-order chi connectivity index (χ0) is 18.2. The van der Waals surface area contributed by atoms with Gasteiger partial charge in [0.25, 0.3) is 0 Å². The minimum absolute atomic E-state index is 0.0184. The van der Waals surface area contributed by atoms with E-state index in [0.29, 0.717) is 24.2 Å². The predicted octanol–water partition coefficient (Wildman–Crippen LogP) is 1.60. The first-order valence-electron chi connectivity index (χ1n) is 7.98. The Labute approximate surface area is 146 Å². The lowest BCUT2D eigenvalue weighted by Crippen LogP contribution is -2.19. The highest BCUT2D eigenvalue weighted by Crippen LogP contribution is 2.15. The van der Waals surface area contributed by atoms with Crippen LogP contribution < -0.4 is 21.1 Å². The molecule has 0 radical (unpaired) electrons. The number of carbonyl (C=O) groups is 2. The Kier molecular flexibility index (Phi) is 6.53. The second kappa shape index (κ2) is 8.84. The van der Waals surface area contributed by atoms with Crippen LogP contribution in [0.5, 0.6) is 5.75 Å². The van der Waals surface area contributed by atoms with E-state index in [1.807, 2.05) is 6.92 Å². The quantitative estimate of drug-likeness (QED) is 0.673. The van der Waals surface area contributed by atoms with Gasteiger partial charge in [-0.15, -0.1) is 0 Å². The molecular weight excluding hydrogens is 322 g/mol. The summed E-state index contributed by atoms with van der Waals surface area (Å²) in [6.07, 6.45) is 4.08. The maximum atomic E-state index is 12.0. The topological polar surface area (TPSA) is 111 Å². The Balaban J connectivity index is 1.83. The van der Waals surface area contributed by atoms with Crippen molar-refractivity contribution in [3.8, 4) is 5.75 Å². The third-order valence-corrected chi connectivity index (χ3v) is 3.42. The Hall–Kier alpha value is -2.87. The molecule has 0 fully saturated rings. The van der Waals surface area contributed by atoms with Crippen molar-refractivity contribution in [3.05, 3.63) is 36.7 Å². The number of rotatable bonds is 8. The van der Waals surface area contributed by atoms with E-state index in [-0.39, 0.29) is 24.4 Å². The molecule has 0 saturated heterocycles. The molecule has 2 amide bonds. The minimum atomic E-state index is -0.219. The molecule has 8 heteroatoms. The summed E-state index contributed by atoms with van der Waals surface area (Å²) in [7, 11) is 1.58. The summed E-state index contributed by atoms with van der Waals surface area (Å²) in [6.45, 7) is 1.90. The van der Waals surface area contributed by atoms with Crippen LogP contribution in [0.1, 0.15) is 19.8 Å². The van der Waals surface area contributed by atoms with Gasteiger partial charge in [-0.2, -0.15) is 5.10 Å². The van der Waals surface area contributed by atoms with Crippen molar-refractivity contribution in [1.29, 1.82) is 0 Å². The lowest BCUT2D eigenvalue weighted by atomic mass is 10.2. The number of methoxy groups -OCH3 is 1. The van der Waals surface area contributed by atoms with E-state index in [1.54, 1.807) is 37.6 Å². The molecule has 1 heterocycles. The Bertz CT molecular complexity index is 709. The van der Waals surface area contributed by atoms with Gasteiger partial charge in [0.1, 0.15) is 12.3 Å². The molecule has 1 unspecified atom stereocenters. The first-order chi connectivity index (χ1) is 12.0. The highest BCUT2D eigenvalue weighted by atomic mass is 16.5. The van der Waals surface area contributed by atoms with Crippen molar-refractivity contribution in [1.82, 2.24) is 9.78 Å². The molecule has 0 aliphatic carbocycles. The molecule has 25 heavy (non-hydrogen) atoms. The van der Waals surface area contributed by atoms with Crippen LogP contribution in [-0.2, 0) is 16.1 Å². The number of carbonyl (C=O) groups excluding carboxylic acids is 2. The largest absolute Gasteiger partial charge is 0.497 e. The lowest BCUT2D eigenvalue weighted by Gasteiger charge is -2.06. The van der Waals surface area contributed by atoms with Crippen LogP contribution in [0, 0.1) is 0 Å². The summed E-state index contributed by atoms with van der Waals surface area (Å²) in [5.41, 5.74) is 6.84. The summed E-state index contributed by atoms with van der Waals surface area (Å²) in [6, 6.07) is 7.02. The van der Waals surface area contributed by atoms with Crippen molar-refractivity contribution in [2.45, 2.75) is 32.4 Å². The fraction of sp³-hybridized carbons (Fsp3) is 0.353. The van der Waals surface area contributed by atoms with Gasteiger partial charge in [-0.25, -0.2) is 0 Å². The second-order valence-electron chi connectivity index (χ2n) is 5.77.